The summed E-state index contributed by atoms with van der Waals surface area (Å²) in [4.78, 5) is 16.1. The lowest BCUT2D eigenvalue weighted by atomic mass is 10.2. The zero-order chi connectivity index (χ0) is 17.8. The van der Waals surface area contributed by atoms with E-state index in [0.29, 0.717) is 16.9 Å². The van der Waals surface area contributed by atoms with Crippen LogP contribution in [0, 0.1) is 0 Å². The lowest BCUT2D eigenvalue weighted by Crippen LogP contribution is -2.05. The van der Waals surface area contributed by atoms with Gasteiger partial charge in [0.2, 0.25) is 5.90 Å². The topological polar surface area (TPSA) is 57.1 Å². The first-order valence-corrected chi connectivity index (χ1v) is 7.27. The van der Waals surface area contributed by atoms with Crippen LogP contribution in [0.25, 0.3) is 6.08 Å². The Morgan fingerprint density at radius 3 is 2.28 bits per heavy atom. The molecule has 0 amide bonds. The number of hydrogen-bond donors (Lipinski definition) is 0. The first-order valence-electron chi connectivity index (χ1n) is 7.27. The predicted octanol–water partition coefficient (Wildman–Crippen LogP) is 3.64. The van der Waals surface area contributed by atoms with E-state index in [1.807, 2.05) is 0 Å². The molecule has 0 bridgehead atoms. The Kier molecular flexibility index (Phi) is 4.74. The van der Waals surface area contributed by atoms with Crippen molar-refractivity contribution in [2.45, 2.75) is 6.61 Å². The van der Waals surface area contributed by atoms with Crippen molar-refractivity contribution in [1.29, 1.82) is 0 Å². The summed E-state index contributed by atoms with van der Waals surface area (Å²) in [6.07, 6.45) is 1.50. The van der Waals surface area contributed by atoms with Crippen molar-refractivity contribution >= 4 is 17.9 Å². The third-order valence-electron chi connectivity index (χ3n) is 3.37. The molecule has 0 N–H and O–H groups in total. The lowest BCUT2D eigenvalue weighted by molar-refractivity contribution is -0.129. The number of carbonyl (C=O) groups is 1. The van der Waals surface area contributed by atoms with Crippen molar-refractivity contribution in [3.8, 4) is 11.5 Å². The van der Waals surface area contributed by atoms with Crippen molar-refractivity contribution < 1.29 is 27.8 Å². The second-order valence-electron chi connectivity index (χ2n) is 5.01. The van der Waals surface area contributed by atoms with E-state index < -0.39 is 12.6 Å². The van der Waals surface area contributed by atoms with E-state index in [0.717, 1.165) is 0 Å². The van der Waals surface area contributed by atoms with Crippen LogP contribution in [-0.4, -0.2) is 25.6 Å². The first kappa shape index (κ1) is 16.6. The molecule has 1 aliphatic rings. The highest BCUT2D eigenvalue weighted by Crippen LogP contribution is 2.22. The van der Waals surface area contributed by atoms with Crippen molar-refractivity contribution in [2.75, 3.05) is 7.11 Å². The monoisotopic (exact) mass is 345 g/mol. The zero-order valence-electron chi connectivity index (χ0n) is 13.1. The summed E-state index contributed by atoms with van der Waals surface area (Å²) in [5, 5.41) is 0. The molecule has 0 unspecified atom stereocenters. The molecule has 0 atom stereocenters. The lowest BCUT2D eigenvalue weighted by Gasteiger charge is -2.03. The fourth-order valence-electron chi connectivity index (χ4n) is 2.17. The molecule has 0 spiro atoms. The number of cyclic esters (lactones) is 1. The minimum atomic E-state index is -2.88. The van der Waals surface area contributed by atoms with Gasteiger partial charge in [0.1, 0.15) is 11.5 Å². The number of ether oxygens (including phenoxy) is 3. The summed E-state index contributed by atoms with van der Waals surface area (Å²) < 4.78 is 38.8. The van der Waals surface area contributed by atoms with Crippen LogP contribution in [0.1, 0.15) is 11.1 Å². The molecule has 25 heavy (non-hydrogen) atoms. The van der Waals surface area contributed by atoms with Crippen LogP contribution in [0.15, 0.2) is 59.2 Å². The highest BCUT2D eigenvalue weighted by atomic mass is 19.3. The number of methoxy groups -OCH3 is 1. The van der Waals surface area contributed by atoms with E-state index in [9.17, 15) is 13.6 Å². The van der Waals surface area contributed by atoms with Crippen molar-refractivity contribution in [2.24, 2.45) is 4.99 Å². The molecule has 1 aliphatic heterocycles. The number of nitrogens with zero attached hydrogens (tertiary/aromatic N) is 1. The van der Waals surface area contributed by atoms with Gasteiger partial charge in [-0.25, -0.2) is 9.79 Å². The normalized spacial score (nSPS) is 15.3. The third-order valence-corrected chi connectivity index (χ3v) is 3.37. The highest BCUT2D eigenvalue weighted by molar-refractivity contribution is 6.12. The van der Waals surface area contributed by atoms with Gasteiger partial charge in [-0.2, -0.15) is 8.78 Å². The fraction of sp³-hybridized carbons (Fsp3) is 0.111. The number of carbonyl (C=O) groups excluding carboxylic acids is 1. The van der Waals surface area contributed by atoms with E-state index in [-0.39, 0.29) is 17.3 Å². The maximum Gasteiger partial charge on any atom is 0.387 e. The number of halogens is 2. The first-order chi connectivity index (χ1) is 12.0. The number of aliphatic imine (C=N–C) groups is 1. The van der Waals surface area contributed by atoms with E-state index >= 15 is 0 Å². The molecule has 7 heteroatoms. The second-order valence-corrected chi connectivity index (χ2v) is 5.01. The van der Waals surface area contributed by atoms with Gasteiger partial charge in [0, 0.05) is 5.56 Å². The molecule has 2 aromatic rings. The third kappa shape index (κ3) is 4.00. The Morgan fingerprint density at radius 1 is 1.04 bits per heavy atom. The smallest absolute Gasteiger partial charge is 0.387 e. The Bertz CT molecular complexity index is 827. The van der Waals surface area contributed by atoms with Gasteiger partial charge < -0.3 is 14.2 Å². The molecule has 0 radical (unpaired) electrons. The number of alkyl halides is 2. The van der Waals surface area contributed by atoms with Crippen molar-refractivity contribution in [3.05, 3.63) is 65.4 Å². The summed E-state index contributed by atoms with van der Waals surface area (Å²) in [5.41, 5.74) is 1.36. The summed E-state index contributed by atoms with van der Waals surface area (Å²) >= 11 is 0. The van der Waals surface area contributed by atoms with Gasteiger partial charge in [-0.1, -0.05) is 12.1 Å². The van der Waals surface area contributed by atoms with Crippen molar-refractivity contribution in [1.82, 2.24) is 0 Å². The van der Waals surface area contributed by atoms with Crippen LogP contribution in [0.4, 0.5) is 8.78 Å². The molecule has 5 nitrogen and oxygen atoms in total. The molecule has 2 aromatic carbocycles. The van der Waals surface area contributed by atoms with E-state index in [1.54, 1.807) is 43.5 Å². The van der Waals surface area contributed by atoms with Crippen LogP contribution < -0.4 is 9.47 Å². The molecular weight excluding hydrogens is 332 g/mol. The second kappa shape index (κ2) is 7.12. The molecule has 0 aromatic heterocycles. The highest BCUT2D eigenvalue weighted by Gasteiger charge is 2.24. The summed E-state index contributed by atoms with van der Waals surface area (Å²) in [5.74, 6) is 0.319. The van der Waals surface area contributed by atoms with Crippen LogP contribution >= 0.6 is 0 Å². The molecule has 0 fully saturated rings. The van der Waals surface area contributed by atoms with Gasteiger partial charge in [-0.05, 0) is 48.0 Å². The SMILES string of the molecule is COc1ccc(C2=N/C(=C\c3ccc(OC(F)F)cc3)C(=O)O2)cc1. The maximum atomic E-state index is 12.1. The minimum Gasteiger partial charge on any atom is -0.497 e. The van der Waals surface area contributed by atoms with Gasteiger partial charge in [0.05, 0.1) is 7.11 Å². The van der Waals surface area contributed by atoms with Gasteiger partial charge in [0.15, 0.2) is 5.70 Å². The summed E-state index contributed by atoms with van der Waals surface area (Å²) in [6, 6.07) is 12.8. The Morgan fingerprint density at radius 2 is 1.68 bits per heavy atom. The van der Waals surface area contributed by atoms with Crippen LogP contribution in [-0.2, 0) is 9.53 Å². The molecule has 3 rings (SSSR count). The summed E-state index contributed by atoms with van der Waals surface area (Å²) in [6.45, 7) is -2.88. The number of rotatable bonds is 5. The molecule has 128 valence electrons. The molecule has 0 saturated heterocycles. The van der Waals surface area contributed by atoms with Gasteiger partial charge in [-0.15, -0.1) is 0 Å². The van der Waals surface area contributed by atoms with E-state index in [4.69, 9.17) is 9.47 Å². The average molecular weight is 345 g/mol. The Hall–Kier alpha value is -3.22. The fourth-order valence-corrected chi connectivity index (χ4v) is 2.17. The maximum absolute atomic E-state index is 12.1. The van der Waals surface area contributed by atoms with Gasteiger partial charge in [-0.3, -0.25) is 0 Å². The largest absolute Gasteiger partial charge is 0.497 e. The molecule has 0 saturated carbocycles. The predicted molar refractivity (Wildman–Crippen MR) is 86.7 cm³/mol. The molecule has 0 aliphatic carbocycles. The number of benzene rings is 2. The standard InChI is InChI=1S/C18H13F2NO4/c1-23-13-8-4-12(5-9-13)16-21-15(17(22)25-16)10-11-2-6-14(7-3-11)24-18(19)20/h2-10,18H,1H3/b15-10-. The average Bonchev–Trinajstić information content (AvgIpc) is 2.97. The van der Waals surface area contributed by atoms with Crippen LogP contribution in [0.2, 0.25) is 0 Å². The Balaban J connectivity index is 1.80. The zero-order valence-corrected chi connectivity index (χ0v) is 13.1. The van der Waals surface area contributed by atoms with Crippen molar-refractivity contribution in [3.63, 3.8) is 0 Å². The van der Waals surface area contributed by atoms with Gasteiger partial charge in [0.25, 0.3) is 0 Å². The van der Waals surface area contributed by atoms with E-state index in [2.05, 4.69) is 9.73 Å². The molecule has 1 heterocycles. The number of esters is 1. The quantitative estimate of drug-likeness (QED) is 0.613. The number of hydrogen-bond acceptors (Lipinski definition) is 5. The van der Waals surface area contributed by atoms with E-state index in [1.165, 1.54) is 18.2 Å². The Labute approximate surface area is 142 Å². The van der Waals surface area contributed by atoms with Crippen LogP contribution in [0.3, 0.4) is 0 Å². The van der Waals surface area contributed by atoms with Crippen LogP contribution in [0.5, 0.6) is 11.5 Å². The molecular formula is C18H13F2NO4. The summed E-state index contributed by atoms with van der Waals surface area (Å²) in [7, 11) is 1.56. The minimum absolute atomic E-state index is 0.0357. The van der Waals surface area contributed by atoms with Gasteiger partial charge >= 0.3 is 12.6 Å².